The molecule has 35 heavy (non-hydrogen) atoms. The highest BCUT2D eigenvalue weighted by Crippen LogP contribution is 2.46. The van der Waals surface area contributed by atoms with Crippen LogP contribution in [0.4, 0.5) is 29.6 Å². The summed E-state index contributed by atoms with van der Waals surface area (Å²) in [5.74, 6) is -0.632. The summed E-state index contributed by atoms with van der Waals surface area (Å²) in [5, 5.41) is 21.3. The van der Waals surface area contributed by atoms with Crippen LogP contribution in [0.15, 0.2) is 66.7 Å². The third-order valence-electron chi connectivity index (χ3n) is 5.97. The fraction of sp³-hybridized carbons (Fsp3) is 0.125. The number of halogens is 3. The average Bonchev–Trinajstić information content (AvgIpc) is 3.35. The van der Waals surface area contributed by atoms with E-state index in [1.807, 2.05) is 0 Å². The van der Waals surface area contributed by atoms with Crippen LogP contribution in [0.3, 0.4) is 0 Å². The van der Waals surface area contributed by atoms with Crippen molar-refractivity contribution in [1.29, 1.82) is 0 Å². The van der Waals surface area contributed by atoms with Crippen molar-refractivity contribution in [2.45, 2.75) is 11.9 Å². The van der Waals surface area contributed by atoms with Crippen LogP contribution in [0.25, 0.3) is 11.0 Å². The van der Waals surface area contributed by atoms with Crippen LogP contribution in [0, 0.1) is 0 Å². The number of aromatic amines is 1. The van der Waals surface area contributed by atoms with Gasteiger partial charge in [0.1, 0.15) is 0 Å². The number of amides is 2. The lowest BCUT2D eigenvalue weighted by atomic mass is 9.93. The Hall–Kier alpha value is -4.38. The summed E-state index contributed by atoms with van der Waals surface area (Å²) in [6.45, 7) is 0. The first kappa shape index (κ1) is 22.4. The molecular weight excluding hydrogens is 465 g/mol. The molecule has 3 aromatic carbocycles. The van der Waals surface area contributed by atoms with Crippen LogP contribution in [0.5, 0.6) is 0 Å². The molecule has 0 spiro atoms. The Morgan fingerprint density at radius 2 is 1.83 bits per heavy atom. The van der Waals surface area contributed by atoms with E-state index in [1.54, 1.807) is 12.1 Å². The lowest BCUT2D eigenvalue weighted by Crippen LogP contribution is -2.45. The van der Waals surface area contributed by atoms with Crippen LogP contribution in [-0.4, -0.2) is 39.2 Å². The summed E-state index contributed by atoms with van der Waals surface area (Å²) in [4.78, 5) is 33.5. The topological polar surface area (TPSA) is 110 Å². The molecule has 2 heterocycles. The number of carbonyl (C=O) groups is 2. The minimum absolute atomic E-state index is 0.0364. The van der Waals surface area contributed by atoms with E-state index in [0.29, 0.717) is 11.0 Å². The molecule has 1 aliphatic rings. The number of rotatable bonds is 3. The summed E-state index contributed by atoms with van der Waals surface area (Å²) >= 11 is 0. The highest BCUT2D eigenvalue weighted by molar-refractivity contribution is 6.12. The maximum absolute atomic E-state index is 13.4. The van der Waals surface area contributed by atoms with Crippen molar-refractivity contribution >= 4 is 34.7 Å². The number of anilines is 2. The molecule has 0 bridgehead atoms. The predicted octanol–water partition coefficient (Wildman–Crippen LogP) is 4.55. The minimum Gasteiger partial charge on any atom is -0.465 e. The van der Waals surface area contributed by atoms with Crippen molar-refractivity contribution in [3.8, 4) is 0 Å². The molecular formula is C24H17F3N4O4. The third kappa shape index (κ3) is 3.39. The van der Waals surface area contributed by atoms with Gasteiger partial charge in [-0.15, -0.1) is 0 Å². The molecule has 8 nitrogen and oxygen atoms in total. The predicted molar refractivity (Wildman–Crippen MR) is 120 cm³/mol. The highest BCUT2D eigenvalue weighted by Gasteiger charge is 2.51. The second-order valence-electron chi connectivity index (χ2n) is 8.04. The van der Waals surface area contributed by atoms with Crippen LogP contribution in [0.1, 0.15) is 27.0 Å². The number of hydrogen-bond acceptors (Lipinski definition) is 4. The summed E-state index contributed by atoms with van der Waals surface area (Å²) < 4.78 is 40.2. The second-order valence-corrected chi connectivity index (χ2v) is 8.04. The van der Waals surface area contributed by atoms with Crippen LogP contribution >= 0.6 is 0 Å². The van der Waals surface area contributed by atoms with Gasteiger partial charge in [-0.3, -0.25) is 14.6 Å². The van der Waals surface area contributed by atoms with Gasteiger partial charge in [-0.1, -0.05) is 30.3 Å². The number of carbonyl (C=O) groups excluding carboxylic acids is 1. The van der Waals surface area contributed by atoms with Gasteiger partial charge in [0.2, 0.25) is 5.95 Å². The number of imidazole rings is 1. The van der Waals surface area contributed by atoms with Gasteiger partial charge in [0.15, 0.2) is 5.72 Å². The van der Waals surface area contributed by atoms with E-state index in [-0.39, 0.29) is 28.3 Å². The number of nitrogens with zero attached hydrogens (tertiary/aromatic N) is 3. The molecule has 2 amide bonds. The SMILES string of the molecule is CN(C(=O)O)c1nc2ccc(C3(O)c4ccccc4C(=O)N3c3cccc(C(F)(F)F)c3)cc2[nH]1. The van der Waals surface area contributed by atoms with Crippen molar-refractivity contribution in [2.24, 2.45) is 0 Å². The van der Waals surface area contributed by atoms with E-state index >= 15 is 0 Å². The van der Waals surface area contributed by atoms with Crippen molar-refractivity contribution in [1.82, 2.24) is 9.97 Å². The van der Waals surface area contributed by atoms with Crippen molar-refractivity contribution in [3.63, 3.8) is 0 Å². The molecule has 1 atom stereocenters. The summed E-state index contributed by atoms with van der Waals surface area (Å²) in [6.07, 6.45) is -5.89. The number of aromatic nitrogens is 2. The Bertz CT molecular complexity index is 1500. The lowest BCUT2D eigenvalue weighted by Gasteiger charge is -2.35. The Morgan fingerprint density at radius 1 is 1.09 bits per heavy atom. The molecule has 0 fully saturated rings. The Balaban J connectivity index is 1.71. The monoisotopic (exact) mass is 482 g/mol. The van der Waals surface area contributed by atoms with Gasteiger partial charge < -0.3 is 15.2 Å². The first-order valence-electron chi connectivity index (χ1n) is 10.3. The molecule has 1 aliphatic heterocycles. The summed E-state index contributed by atoms with van der Waals surface area (Å²) in [6, 6.07) is 14.9. The molecule has 178 valence electrons. The molecule has 0 aliphatic carbocycles. The number of fused-ring (bicyclic) bond motifs is 2. The Labute approximate surface area is 195 Å². The number of nitrogens with one attached hydrogen (secondary N) is 1. The molecule has 0 saturated carbocycles. The normalized spacial score (nSPS) is 17.6. The summed E-state index contributed by atoms with van der Waals surface area (Å²) in [5.41, 5.74) is -1.98. The molecule has 3 N–H and O–H groups in total. The van der Waals surface area contributed by atoms with Gasteiger partial charge in [-0.25, -0.2) is 9.78 Å². The number of H-pyrrole nitrogens is 1. The number of aliphatic hydroxyl groups is 1. The van der Waals surface area contributed by atoms with E-state index in [4.69, 9.17) is 0 Å². The van der Waals surface area contributed by atoms with Crippen molar-refractivity contribution < 1.29 is 33.0 Å². The van der Waals surface area contributed by atoms with Crippen molar-refractivity contribution in [3.05, 3.63) is 89.0 Å². The molecule has 0 saturated heterocycles. The zero-order valence-corrected chi connectivity index (χ0v) is 18.0. The van der Waals surface area contributed by atoms with E-state index in [0.717, 1.165) is 21.9 Å². The molecule has 11 heteroatoms. The number of hydrogen-bond donors (Lipinski definition) is 3. The Morgan fingerprint density at radius 3 is 2.54 bits per heavy atom. The molecule has 1 unspecified atom stereocenters. The van der Waals surface area contributed by atoms with E-state index in [1.165, 1.54) is 49.5 Å². The van der Waals surface area contributed by atoms with Crippen LogP contribution in [-0.2, 0) is 11.9 Å². The van der Waals surface area contributed by atoms with Crippen LogP contribution < -0.4 is 9.80 Å². The van der Waals surface area contributed by atoms with E-state index < -0.39 is 29.5 Å². The molecule has 0 radical (unpaired) electrons. The number of carboxylic acid groups (broad SMARTS) is 1. The number of alkyl halides is 3. The standard InChI is InChI=1S/C24H17F3N4O4/c1-30(22(33)34)21-28-18-10-9-13(12-19(18)29-21)23(35)17-8-3-2-7-16(17)20(32)31(23)15-6-4-5-14(11-15)24(25,26)27/h2-12,35H,1H3,(H,28,29)(H,33,34). The smallest absolute Gasteiger partial charge is 0.416 e. The minimum atomic E-state index is -4.65. The van der Waals surface area contributed by atoms with Gasteiger partial charge >= 0.3 is 12.3 Å². The fourth-order valence-electron chi connectivity index (χ4n) is 4.23. The molecule has 5 rings (SSSR count). The maximum Gasteiger partial charge on any atom is 0.416 e. The average molecular weight is 482 g/mol. The molecule has 4 aromatic rings. The van der Waals surface area contributed by atoms with Crippen molar-refractivity contribution in [2.75, 3.05) is 16.8 Å². The van der Waals surface area contributed by atoms with Gasteiger partial charge in [0.25, 0.3) is 5.91 Å². The lowest BCUT2D eigenvalue weighted by molar-refractivity contribution is -0.137. The first-order valence-corrected chi connectivity index (χ1v) is 10.3. The maximum atomic E-state index is 13.4. The number of benzene rings is 3. The van der Waals surface area contributed by atoms with Gasteiger partial charge in [-0.05, 0) is 36.4 Å². The zero-order valence-electron chi connectivity index (χ0n) is 18.0. The second kappa shape index (κ2) is 7.57. The van der Waals surface area contributed by atoms with E-state index in [2.05, 4.69) is 9.97 Å². The highest BCUT2D eigenvalue weighted by atomic mass is 19.4. The quantitative estimate of drug-likeness (QED) is 0.397. The van der Waals surface area contributed by atoms with E-state index in [9.17, 15) is 33.0 Å². The van der Waals surface area contributed by atoms with Gasteiger partial charge in [-0.2, -0.15) is 13.2 Å². The summed E-state index contributed by atoms with van der Waals surface area (Å²) in [7, 11) is 1.30. The first-order chi connectivity index (χ1) is 16.5. The zero-order chi connectivity index (χ0) is 25.1. The largest absolute Gasteiger partial charge is 0.465 e. The Kier molecular flexibility index (Phi) is 4.85. The molecule has 1 aromatic heterocycles. The van der Waals surface area contributed by atoms with Gasteiger partial charge in [0, 0.05) is 29.4 Å². The third-order valence-corrected chi connectivity index (χ3v) is 5.97. The fourth-order valence-corrected chi connectivity index (χ4v) is 4.23. The van der Waals surface area contributed by atoms with Gasteiger partial charge in [0.05, 0.1) is 16.6 Å². The van der Waals surface area contributed by atoms with Crippen LogP contribution in [0.2, 0.25) is 0 Å².